The Labute approximate surface area is 144 Å². The fourth-order valence-corrected chi connectivity index (χ4v) is 3.19. The van der Waals surface area contributed by atoms with Crippen LogP contribution < -0.4 is 16.4 Å². The zero-order valence-electron chi connectivity index (χ0n) is 13.8. The lowest BCUT2D eigenvalue weighted by molar-refractivity contribution is -0.136. The van der Waals surface area contributed by atoms with Crippen LogP contribution in [0, 0.1) is 0 Å². The molecular weight excluding hydrogens is 327 g/mol. The molecule has 1 fully saturated rings. The van der Waals surface area contributed by atoms with Crippen molar-refractivity contribution in [3.05, 3.63) is 34.9 Å². The average Bonchev–Trinajstić information content (AvgIpc) is 2.91. The molecule has 1 saturated heterocycles. The Bertz CT molecular complexity index is 709. The highest BCUT2D eigenvalue weighted by Crippen LogP contribution is 2.28. The van der Waals surface area contributed by atoms with E-state index in [0.717, 1.165) is 11.1 Å². The highest BCUT2D eigenvalue weighted by atomic mass is 19.1. The molecule has 7 nitrogen and oxygen atoms in total. The summed E-state index contributed by atoms with van der Waals surface area (Å²) in [4.78, 5) is 37.3. The molecule has 25 heavy (non-hydrogen) atoms. The number of alkyl halides is 1. The Kier molecular flexibility index (Phi) is 5.10. The van der Waals surface area contributed by atoms with Crippen LogP contribution in [0.4, 0.5) is 4.39 Å². The number of hydrogen-bond donors (Lipinski definition) is 3. The largest absolute Gasteiger partial charge is 0.328 e. The van der Waals surface area contributed by atoms with Gasteiger partial charge in [-0.05, 0) is 23.6 Å². The second-order valence-corrected chi connectivity index (χ2v) is 6.36. The number of imide groups is 1. The summed E-state index contributed by atoms with van der Waals surface area (Å²) in [5, 5.41) is 5.27. The van der Waals surface area contributed by atoms with Gasteiger partial charge in [0.2, 0.25) is 11.8 Å². The molecule has 8 heteroatoms. The monoisotopic (exact) mass is 348 g/mol. The molecule has 134 valence electrons. The van der Waals surface area contributed by atoms with E-state index in [1.807, 2.05) is 12.1 Å². The number of nitrogens with zero attached hydrogens (tertiary/aromatic N) is 1. The standard InChI is InChI=1S/C17H21FN4O3/c18-12(6-19)8-20-7-10-1-2-13-11(5-10)9-22(17(13)25)14-3-4-15(23)21-16(14)24/h1-2,5,12,14,20H,3-4,6-9,19H2,(H,21,23,24). The lowest BCUT2D eigenvalue weighted by atomic mass is 10.0. The molecule has 4 N–H and O–H groups in total. The van der Waals surface area contributed by atoms with Crippen LogP contribution in [0.15, 0.2) is 18.2 Å². The molecule has 1 aromatic carbocycles. The van der Waals surface area contributed by atoms with Gasteiger partial charge in [-0.15, -0.1) is 0 Å². The molecule has 0 spiro atoms. The highest BCUT2D eigenvalue weighted by Gasteiger charge is 2.38. The molecule has 2 aliphatic rings. The van der Waals surface area contributed by atoms with Crippen molar-refractivity contribution in [1.29, 1.82) is 0 Å². The van der Waals surface area contributed by atoms with E-state index in [4.69, 9.17) is 5.73 Å². The van der Waals surface area contributed by atoms with Crippen LogP contribution in [0.25, 0.3) is 0 Å². The van der Waals surface area contributed by atoms with Crippen LogP contribution in [0.3, 0.4) is 0 Å². The molecule has 0 saturated carbocycles. The molecule has 0 aliphatic carbocycles. The van der Waals surface area contributed by atoms with Gasteiger partial charge in [-0.25, -0.2) is 4.39 Å². The van der Waals surface area contributed by atoms with Gasteiger partial charge in [0.1, 0.15) is 12.2 Å². The number of fused-ring (bicyclic) bond motifs is 1. The van der Waals surface area contributed by atoms with Crippen molar-refractivity contribution in [1.82, 2.24) is 15.5 Å². The molecule has 3 rings (SSSR count). The Morgan fingerprint density at radius 3 is 2.88 bits per heavy atom. The maximum absolute atomic E-state index is 13.1. The van der Waals surface area contributed by atoms with Crippen molar-refractivity contribution in [2.24, 2.45) is 5.73 Å². The zero-order chi connectivity index (χ0) is 18.0. The maximum Gasteiger partial charge on any atom is 0.255 e. The molecule has 0 aromatic heterocycles. The number of rotatable bonds is 6. The maximum atomic E-state index is 13.1. The van der Waals surface area contributed by atoms with Gasteiger partial charge in [0.05, 0.1) is 0 Å². The molecule has 1 aromatic rings. The Hall–Kier alpha value is -2.32. The average molecular weight is 348 g/mol. The van der Waals surface area contributed by atoms with E-state index in [0.29, 0.717) is 25.1 Å². The van der Waals surface area contributed by atoms with E-state index in [1.54, 1.807) is 6.07 Å². The lowest BCUT2D eigenvalue weighted by Gasteiger charge is -2.29. The number of piperidine rings is 1. The fraction of sp³-hybridized carbons (Fsp3) is 0.471. The summed E-state index contributed by atoms with van der Waals surface area (Å²) in [6.45, 7) is 0.963. The van der Waals surface area contributed by atoms with Gasteiger partial charge in [0.25, 0.3) is 5.91 Å². The van der Waals surface area contributed by atoms with E-state index < -0.39 is 18.1 Å². The van der Waals surface area contributed by atoms with Crippen LogP contribution in [-0.4, -0.2) is 47.9 Å². The first kappa shape index (κ1) is 17.5. The highest BCUT2D eigenvalue weighted by molar-refractivity contribution is 6.05. The van der Waals surface area contributed by atoms with Gasteiger partial charge in [-0.1, -0.05) is 12.1 Å². The summed E-state index contributed by atoms with van der Waals surface area (Å²) >= 11 is 0. The van der Waals surface area contributed by atoms with Gasteiger partial charge < -0.3 is 16.0 Å². The third kappa shape index (κ3) is 3.69. The van der Waals surface area contributed by atoms with E-state index in [2.05, 4.69) is 10.6 Å². The first-order chi connectivity index (χ1) is 12.0. The van der Waals surface area contributed by atoms with Crippen molar-refractivity contribution in [2.45, 2.75) is 38.1 Å². The second kappa shape index (κ2) is 7.28. The summed E-state index contributed by atoms with van der Waals surface area (Å²) in [6.07, 6.45) is -0.508. The van der Waals surface area contributed by atoms with E-state index in [-0.39, 0.29) is 31.3 Å². The van der Waals surface area contributed by atoms with Crippen molar-refractivity contribution in [3.8, 4) is 0 Å². The van der Waals surface area contributed by atoms with Crippen molar-refractivity contribution in [2.75, 3.05) is 13.1 Å². The minimum atomic E-state index is -1.08. The summed E-state index contributed by atoms with van der Waals surface area (Å²) in [6, 6.07) is 4.82. The van der Waals surface area contributed by atoms with Gasteiger partial charge >= 0.3 is 0 Å². The number of benzene rings is 1. The zero-order valence-corrected chi connectivity index (χ0v) is 13.8. The number of nitrogens with two attached hydrogens (primary N) is 1. The molecule has 3 amide bonds. The fourth-order valence-electron chi connectivity index (χ4n) is 3.19. The topological polar surface area (TPSA) is 105 Å². The first-order valence-corrected chi connectivity index (χ1v) is 8.31. The lowest BCUT2D eigenvalue weighted by Crippen LogP contribution is -2.52. The van der Waals surface area contributed by atoms with Crippen LogP contribution in [-0.2, 0) is 22.7 Å². The number of halogens is 1. The predicted molar refractivity (Wildman–Crippen MR) is 88.1 cm³/mol. The molecule has 0 radical (unpaired) electrons. The van der Waals surface area contributed by atoms with Crippen LogP contribution in [0.1, 0.15) is 34.3 Å². The van der Waals surface area contributed by atoms with E-state index >= 15 is 0 Å². The Balaban J connectivity index is 1.67. The molecular formula is C17H21FN4O3. The molecule has 2 unspecified atom stereocenters. The molecule has 2 heterocycles. The number of amides is 3. The van der Waals surface area contributed by atoms with Gasteiger partial charge in [0.15, 0.2) is 0 Å². The van der Waals surface area contributed by atoms with Crippen molar-refractivity contribution < 1.29 is 18.8 Å². The minimum absolute atomic E-state index is 0.0212. The number of nitrogens with one attached hydrogen (secondary N) is 2. The second-order valence-electron chi connectivity index (χ2n) is 6.36. The smallest absolute Gasteiger partial charge is 0.255 e. The number of hydrogen-bond acceptors (Lipinski definition) is 5. The first-order valence-electron chi connectivity index (χ1n) is 8.31. The van der Waals surface area contributed by atoms with Crippen LogP contribution in [0.2, 0.25) is 0 Å². The quantitative estimate of drug-likeness (QED) is 0.620. The third-order valence-corrected chi connectivity index (χ3v) is 4.54. The summed E-state index contributed by atoms with van der Waals surface area (Å²) in [7, 11) is 0. The third-order valence-electron chi connectivity index (χ3n) is 4.54. The van der Waals surface area contributed by atoms with Crippen LogP contribution in [0.5, 0.6) is 0 Å². The normalized spacial score (nSPS) is 21.3. The van der Waals surface area contributed by atoms with Gasteiger partial charge in [0, 0.05) is 38.2 Å². The van der Waals surface area contributed by atoms with Gasteiger partial charge in [-0.2, -0.15) is 0 Å². The van der Waals surface area contributed by atoms with Crippen molar-refractivity contribution >= 4 is 17.7 Å². The van der Waals surface area contributed by atoms with Crippen LogP contribution >= 0.6 is 0 Å². The Morgan fingerprint density at radius 2 is 2.16 bits per heavy atom. The molecule has 2 atom stereocenters. The van der Waals surface area contributed by atoms with E-state index in [1.165, 1.54) is 4.90 Å². The predicted octanol–water partition coefficient (Wildman–Crippen LogP) is -0.166. The SMILES string of the molecule is NCC(F)CNCc1ccc2c(c1)CN(C1CCC(=O)NC1=O)C2=O. The summed E-state index contributed by atoms with van der Waals surface area (Å²) < 4.78 is 13.1. The Morgan fingerprint density at radius 1 is 1.36 bits per heavy atom. The minimum Gasteiger partial charge on any atom is -0.328 e. The van der Waals surface area contributed by atoms with Crippen molar-refractivity contribution in [3.63, 3.8) is 0 Å². The van der Waals surface area contributed by atoms with Gasteiger partial charge in [-0.3, -0.25) is 19.7 Å². The summed E-state index contributed by atoms with van der Waals surface area (Å²) in [5.74, 6) is -0.923. The van der Waals surface area contributed by atoms with E-state index in [9.17, 15) is 18.8 Å². The molecule has 0 bridgehead atoms. The number of carbonyl (C=O) groups excluding carboxylic acids is 3. The molecule has 2 aliphatic heterocycles. The number of carbonyl (C=O) groups is 3. The summed E-state index contributed by atoms with van der Waals surface area (Å²) in [5.41, 5.74) is 7.57.